The number of hydrogen-bond donors (Lipinski definition) is 0. The first-order valence-corrected chi connectivity index (χ1v) is 28.7. The van der Waals surface area contributed by atoms with E-state index in [0.717, 1.165) is 13.1 Å². The van der Waals surface area contributed by atoms with E-state index in [1.807, 2.05) is 56.7 Å². The molecule has 4 aromatic carbocycles. The molecule has 0 amide bonds. The van der Waals surface area contributed by atoms with E-state index >= 15 is 0 Å². The molecule has 0 radical (unpaired) electrons. The Hall–Kier alpha value is -5.02. The summed E-state index contributed by atoms with van der Waals surface area (Å²) in [6.07, 6.45) is 15.8. The van der Waals surface area contributed by atoms with Crippen LogP contribution >= 0.6 is 56.7 Å². The average Bonchev–Trinajstić information content (AvgIpc) is 4.23. The molecule has 0 aliphatic heterocycles. The molecule has 7 aromatic heterocycles. The van der Waals surface area contributed by atoms with Crippen molar-refractivity contribution in [1.29, 1.82) is 0 Å². The van der Waals surface area contributed by atoms with Crippen LogP contribution in [0.25, 0.3) is 104 Å². The highest BCUT2D eigenvalue weighted by atomic mass is 32.1. The zero-order valence-electron chi connectivity index (χ0n) is 38.7. The summed E-state index contributed by atoms with van der Waals surface area (Å²) in [6.45, 7) is 6.75. The van der Waals surface area contributed by atoms with Crippen LogP contribution in [0.2, 0.25) is 0 Å². The Kier molecular flexibility index (Phi) is 13.5. The maximum atomic E-state index is 2.56. The summed E-state index contributed by atoms with van der Waals surface area (Å²) in [4.78, 5) is 13.3. The van der Waals surface area contributed by atoms with Crippen molar-refractivity contribution in [2.45, 2.75) is 104 Å². The Morgan fingerprint density at radius 3 is 0.955 bits per heavy atom. The van der Waals surface area contributed by atoms with Crippen molar-refractivity contribution in [2.24, 2.45) is 0 Å². The predicted molar refractivity (Wildman–Crippen MR) is 301 cm³/mol. The second-order valence-electron chi connectivity index (χ2n) is 18.2. The summed E-state index contributed by atoms with van der Waals surface area (Å²) in [6, 6.07) is 55.4. The first kappa shape index (κ1) is 44.5. The second kappa shape index (κ2) is 20.3. The van der Waals surface area contributed by atoms with E-state index in [2.05, 4.69) is 169 Å². The highest BCUT2D eigenvalue weighted by Gasteiger charge is 2.17. The Morgan fingerprint density at radius 2 is 0.582 bits per heavy atom. The Balaban J connectivity index is 0.769. The molecule has 0 bridgehead atoms. The van der Waals surface area contributed by atoms with Crippen LogP contribution in [0.1, 0.15) is 90.9 Å². The van der Waals surface area contributed by atoms with Crippen molar-refractivity contribution in [2.75, 3.05) is 0 Å². The van der Waals surface area contributed by atoms with Crippen LogP contribution in [-0.2, 0) is 13.1 Å². The highest BCUT2D eigenvalue weighted by Crippen LogP contribution is 2.47. The number of aromatic nitrogens is 2. The second-order valence-corrected chi connectivity index (χ2v) is 23.6. The van der Waals surface area contributed by atoms with Gasteiger partial charge < -0.3 is 9.13 Å². The lowest BCUT2D eigenvalue weighted by molar-refractivity contribution is 0.571. The van der Waals surface area contributed by atoms with Crippen LogP contribution in [0, 0.1) is 0 Å². The van der Waals surface area contributed by atoms with Gasteiger partial charge in [0.25, 0.3) is 0 Å². The lowest BCUT2D eigenvalue weighted by atomic mass is 10.1. The number of benzene rings is 4. The van der Waals surface area contributed by atoms with Crippen LogP contribution in [-0.4, -0.2) is 9.13 Å². The molecule has 67 heavy (non-hydrogen) atoms. The van der Waals surface area contributed by atoms with Crippen LogP contribution in [0.4, 0.5) is 0 Å². The van der Waals surface area contributed by atoms with Crippen molar-refractivity contribution >= 4 is 100 Å². The molecular weight excluding hydrogens is 909 g/mol. The van der Waals surface area contributed by atoms with Gasteiger partial charge >= 0.3 is 0 Å². The van der Waals surface area contributed by atoms with Gasteiger partial charge in [-0.3, -0.25) is 0 Å². The standard InChI is InChI=1S/C60H58N2S5/c1-3-5-7-9-11-17-37-61-47-21-15-13-19-43(47)45-39-41(23-25-49(45)61)51-27-29-53(63-51)55-31-33-57(65-55)59-35-36-60(67-59)58-34-32-56(66-58)54-30-28-52(64-54)42-24-26-50-46(40-42)44-20-14-16-22-48(44)62(50)38-18-12-10-8-6-4-2/h13-16,19-36,39-40H,3-12,17-18,37-38H2,1-2H3. The molecule has 0 aliphatic carbocycles. The normalized spacial score (nSPS) is 12.0. The molecule has 0 saturated carbocycles. The molecule has 7 heterocycles. The van der Waals surface area contributed by atoms with Gasteiger partial charge in [-0.15, -0.1) is 56.7 Å². The van der Waals surface area contributed by atoms with Crippen LogP contribution in [0.15, 0.2) is 146 Å². The van der Waals surface area contributed by atoms with E-state index < -0.39 is 0 Å². The fraction of sp³-hybridized carbons (Fsp3) is 0.267. The Labute approximate surface area is 415 Å². The third kappa shape index (κ3) is 9.18. The molecule has 0 unspecified atom stereocenters. The van der Waals surface area contributed by atoms with Gasteiger partial charge in [-0.05, 0) is 121 Å². The summed E-state index contributed by atoms with van der Waals surface area (Å²) in [5.74, 6) is 0. The number of thiophene rings is 5. The number of fused-ring (bicyclic) bond motifs is 6. The first-order chi connectivity index (χ1) is 33.1. The molecule has 0 spiro atoms. The molecule has 0 N–H and O–H groups in total. The molecule has 0 fully saturated rings. The summed E-state index contributed by atoms with van der Waals surface area (Å²) in [7, 11) is 0. The molecular formula is C60H58N2S5. The maximum Gasteiger partial charge on any atom is 0.0491 e. The first-order valence-electron chi connectivity index (χ1n) is 24.7. The highest BCUT2D eigenvalue weighted by molar-refractivity contribution is 7.30. The molecule has 0 atom stereocenters. The molecule has 2 nitrogen and oxygen atoms in total. The largest absolute Gasteiger partial charge is 0.340 e. The van der Waals surface area contributed by atoms with Crippen molar-refractivity contribution in [3.63, 3.8) is 0 Å². The quantitative estimate of drug-likeness (QED) is 0.0674. The monoisotopic (exact) mass is 966 g/mol. The van der Waals surface area contributed by atoms with Gasteiger partial charge in [-0.2, -0.15) is 0 Å². The lowest BCUT2D eigenvalue weighted by Crippen LogP contribution is -1.97. The molecule has 11 rings (SSSR count). The number of unbranched alkanes of at least 4 members (excludes halogenated alkanes) is 10. The average molecular weight is 967 g/mol. The summed E-state index contributed by atoms with van der Waals surface area (Å²) in [5, 5.41) is 5.46. The van der Waals surface area contributed by atoms with Gasteiger partial charge in [0.05, 0.1) is 0 Å². The van der Waals surface area contributed by atoms with Gasteiger partial charge in [-0.25, -0.2) is 0 Å². The molecule has 11 aromatic rings. The van der Waals surface area contributed by atoms with E-state index in [0.29, 0.717) is 0 Å². The smallest absolute Gasteiger partial charge is 0.0491 e. The third-order valence-electron chi connectivity index (χ3n) is 13.6. The number of aryl methyl sites for hydroxylation is 2. The Bertz CT molecular complexity index is 3200. The summed E-state index contributed by atoms with van der Waals surface area (Å²) < 4.78 is 5.12. The Morgan fingerprint density at radius 1 is 0.284 bits per heavy atom. The topological polar surface area (TPSA) is 9.86 Å². The van der Waals surface area contributed by atoms with Crippen molar-refractivity contribution < 1.29 is 0 Å². The summed E-state index contributed by atoms with van der Waals surface area (Å²) in [5.41, 5.74) is 8.04. The zero-order chi connectivity index (χ0) is 45.1. The maximum absolute atomic E-state index is 2.56. The van der Waals surface area contributed by atoms with E-state index in [1.165, 1.54) is 181 Å². The van der Waals surface area contributed by atoms with Gasteiger partial charge in [0.15, 0.2) is 0 Å². The minimum absolute atomic E-state index is 1.08. The molecule has 7 heteroatoms. The van der Waals surface area contributed by atoms with Crippen LogP contribution in [0.5, 0.6) is 0 Å². The van der Waals surface area contributed by atoms with Crippen molar-refractivity contribution in [1.82, 2.24) is 9.13 Å². The van der Waals surface area contributed by atoms with E-state index in [1.54, 1.807) is 0 Å². The predicted octanol–water partition coefficient (Wildman–Crippen LogP) is 20.9. The minimum Gasteiger partial charge on any atom is -0.340 e. The number of nitrogens with zero attached hydrogens (tertiary/aromatic N) is 2. The molecule has 338 valence electrons. The van der Waals surface area contributed by atoms with Gasteiger partial charge in [0.2, 0.25) is 0 Å². The number of rotatable bonds is 20. The van der Waals surface area contributed by atoms with Gasteiger partial charge in [0, 0.05) is 105 Å². The number of hydrogen-bond acceptors (Lipinski definition) is 5. The van der Waals surface area contributed by atoms with Crippen molar-refractivity contribution in [3.8, 4) is 59.9 Å². The fourth-order valence-electron chi connectivity index (χ4n) is 10.1. The van der Waals surface area contributed by atoms with Gasteiger partial charge in [-0.1, -0.05) is 127 Å². The molecule has 0 aliphatic rings. The lowest BCUT2D eigenvalue weighted by Gasteiger charge is -2.08. The van der Waals surface area contributed by atoms with E-state index in [9.17, 15) is 0 Å². The van der Waals surface area contributed by atoms with Gasteiger partial charge in [0.1, 0.15) is 0 Å². The fourth-order valence-corrected chi connectivity index (χ4v) is 15.4. The third-order valence-corrected chi connectivity index (χ3v) is 19.9. The van der Waals surface area contributed by atoms with Crippen LogP contribution < -0.4 is 0 Å². The summed E-state index contributed by atoms with van der Waals surface area (Å²) >= 11 is 9.55. The minimum atomic E-state index is 1.08. The van der Waals surface area contributed by atoms with E-state index in [4.69, 9.17) is 0 Å². The van der Waals surface area contributed by atoms with Crippen molar-refractivity contribution in [3.05, 3.63) is 146 Å². The number of para-hydroxylation sites is 2. The van der Waals surface area contributed by atoms with E-state index in [-0.39, 0.29) is 0 Å². The van der Waals surface area contributed by atoms with Crippen LogP contribution in [0.3, 0.4) is 0 Å². The SMILES string of the molecule is CCCCCCCCn1c2ccccc2c2cc(-c3ccc(-c4ccc(-c5ccc(-c6ccc(-c7ccc(-c8ccc9c(c8)c8ccccc8n9CCCCCCCC)s7)s6)s5)s4)s3)ccc21. The molecule has 0 saturated heterocycles. The zero-order valence-corrected chi connectivity index (χ0v) is 42.8.